The number of hydroxylamine groups is 1. The third-order valence-corrected chi connectivity index (χ3v) is 5.86. The summed E-state index contributed by atoms with van der Waals surface area (Å²) >= 11 is -2.04. The number of carbonyl (C=O) groups is 1. The monoisotopic (exact) mass is 429 g/mol. The highest BCUT2D eigenvalue weighted by Crippen LogP contribution is 2.24. The fraction of sp³-hybridized carbons (Fsp3) is 0.318. The number of aromatic nitrogens is 1. The lowest BCUT2D eigenvalue weighted by molar-refractivity contribution is -0.129. The van der Waals surface area contributed by atoms with Gasteiger partial charge >= 0.3 is 0 Å². The second-order valence-electron chi connectivity index (χ2n) is 7.27. The average molecular weight is 430 g/mol. The van der Waals surface area contributed by atoms with E-state index >= 15 is 0 Å². The molecule has 2 aromatic carbocycles. The molecule has 3 rings (SSSR count). The first-order valence-corrected chi connectivity index (χ1v) is 11.1. The van der Waals surface area contributed by atoms with Crippen LogP contribution in [0.5, 0.6) is 0 Å². The normalized spacial score (nSPS) is 12.4. The van der Waals surface area contributed by atoms with E-state index in [1.807, 2.05) is 36.5 Å². The summed E-state index contributed by atoms with van der Waals surface area (Å²) < 4.78 is 22.8. The number of H-pyrrole nitrogens is 1. The first-order valence-electron chi connectivity index (χ1n) is 10.0. The van der Waals surface area contributed by atoms with Gasteiger partial charge in [0.1, 0.15) is 0 Å². The summed E-state index contributed by atoms with van der Waals surface area (Å²) in [4.78, 5) is 14.2. The molecule has 4 N–H and O–H groups in total. The van der Waals surface area contributed by atoms with Gasteiger partial charge in [0.2, 0.25) is 17.2 Å². The van der Waals surface area contributed by atoms with E-state index in [1.54, 1.807) is 5.48 Å². The van der Waals surface area contributed by atoms with Crippen LogP contribution in [0.4, 0.5) is 0 Å². The van der Waals surface area contributed by atoms with Gasteiger partial charge in [-0.25, -0.2) is 9.69 Å². The van der Waals surface area contributed by atoms with Crippen LogP contribution in [0.2, 0.25) is 0 Å². The highest BCUT2D eigenvalue weighted by Gasteiger charge is 2.12. The molecule has 160 valence electrons. The maximum atomic E-state index is 11.7. The number of carbonyl (C=O) groups excluding carboxylic acids is 1. The Morgan fingerprint density at radius 1 is 1.00 bits per heavy atom. The smallest absolute Gasteiger partial charge is 0.243 e. The van der Waals surface area contributed by atoms with Gasteiger partial charge in [0.15, 0.2) is 0 Å². The Morgan fingerprint density at radius 3 is 2.47 bits per heavy atom. The van der Waals surface area contributed by atoms with Crippen molar-refractivity contribution in [2.24, 2.45) is 0 Å². The molecule has 8 heteroatoms. The van der Waals surface area contributed by atoms with Gasteiger partial charge in [-0.2, -0.15) is 4.31 Å². The lowest BCUT2D eigenvalue weighted by Crippen LogP contribution is -2.26. The number of amides is 1. The van der Waals surface area contributed by atoms with Gasteiger partial charge in [0, 0.05) is 31.2 Å². The molecule has 1 aromatic heterocycles. The van der Waals surface area contributed by atoms with Crippen LogP contribution in [0.3, 0.4) is 0 Å². The van der Waals surface area contributed by atoms with E-state index in [2.05, 4.69) is 23.2 Å². The van der Waals surface area contributed by atoms with Crippen LogP contribution >= 0.6 is 0 Å². The van der Waals surface area contributed by atoms with Gasteiger partial charge in [-0.15, -0.1) is 0 Å². The molecule has 0 aliphatic heterocycles. The minimum absolute atomic E-state index is 0.287. The number of nitrogens with one attached hydrogen (secondary N) is 2. The SMILES string of the molecule is O=C(CCCCCCN(Cc1ccc(-c2ccc3[nH]ccc3c2)cc1)S(=O)O)NO. The van der Waals surface area contributed by atoms with Crippen LogP contribution in [0, 0.1) is 0 Å². The van der Waals surface area contributed by atoms with Crippen LogP contribution in [-0.2, 0) is 22.6 Å². The van der Waals surface area contributed by atoms with Crippen LogP contribution in [0.15, 0.2) is 54.7 Å². The summed E-state index contributed by atoms with van der Waals surface area (Å²) in [6, 6.07) is 16.4. The van der Waals surface area contributed by atoms with Gasteiger partial charge in [0.25, 0.3) is 0 Å². The maximum Gasteiger partial charge on any atom is 0.243 e. The molecule has 3 aromatic rings. The zero-order valence-electron chi connectivity index (χ0n) is 16.7. The Morgan fingerprint density at radius 2 is 1.73 bits per heavy atom. The molecule has 7 nitrogen and oxygen atoms in total. The third kappa shape index (κ3) is 6.24. The number of fused-ring (bicyclic) bond motifs is 1. The first kappa shape index (κ1) is 22.2. The minimum Gasteiger partial charge on any atom is -0.361 e. The number of rotatable bonds is 11. The van der Waals surface area contributed by atoms with E-state index in [4.69, 9.17) is 5.21 Å². The van der Waals surface area contributed by atoms with E-state index in [0.717, 1.165) is 46.9 Å². The number of hydrogen-bond donors (Lipinski definition) is 4. The predicted molar refractivity (Wildman–Crippen MR) is 118 cm³/mol. The molecule has 0 saturated heterocycles. The van der Waals surface area contributed by atoms with Crippen LogP contribution < -0.4 is 5.48 Å². The van der Waals surface area contributed by atoms with Crippen molar-refractivity contribution < 1.29 is 18.8 Å². The number of benzene rings is 2. The molecule has 0 saturated carbocycles. The molecule has 30 heavy (non-hydrogen) atoms. The summed E-state index contributed by atoms with van der Waals surface area (Å²) in [7, 11) is 0. The van der Waals surface area contributed by atoms with Crippen LogP contribution in [0.1, 0.15) is 37.7 Å². The molecule has 0 radical (unpaired) electrons. The first-order chi connectivity index (χ1) is 14.6. The van der Waals surface area contributed by atoms with Gasteiger partial charge in [-0.3, -0.25) is 14.6 Å². The maximum absolute atomic E-state index is 11.7. The summed E-state index contributed by atoms with van der Waals surface area (Å²) in [6.45, 7) is 0.897. The van der Waals surface area contributed by atoms with Crippen molar-refractivity contribution >= 4 is 28.1 Å². The topological polar surface area (TPSA) is 106 Å². The summed E-state index contributed by atoms with van der Waals surface area (Å²) in [5.74, 6) is -0.385. The quantitative estimate of drug-likeness (QED) is 0.158. The Bertz CT molecular complexity index is 987. The Labute approximate surface area is 178 Å². The van der Waals surface area contributed by atoms with Crippen LogP contribution in [-0.4, -0.2) is 35.7 Å². The average Bonchev–Trinajstić information content (AvgIpc) is 3.23. The van der Waals surface area contributed by atoms with Gasteiger partial charge < -0.3 is 4.98 Å². The molecule has 0 aliphatic rings. The van der Waals surface area contributed by atoms with Crippen molar-refractivity contribution in [3.05, 3.63) is 60.3 Å². The lowest BCUT2D eigenvalue weighted by Gasteiger charge is -2.18. The fourth-order valence-electron chi connectivity index (χ4n) is 3.43. The number of unbranched alkanes of at least 4 members (excludes halogenated alkanes) is 3. The Kier molecular flexibility index (Phi) is 8.15. The van der Waals surface area contributed by atoms with Crippen LogP contribution in [0.25, 0.3) is 22.0 Å². The Hall–Kier alpha value is -2.52. The van der Waals surface area contributed by atoms with E-state index in [1.165, 1.54) is 4.31 Å². The predicted octanol–water partition coefficient (Wildman–Crippen LogP) is 4.23. The fourth-order valence-corrected chi connectivity index (χ4v) is 3.98. The zero-order chi connectivity index (χ0) is 21.3. The van der Waals surface area contributed by atoms with E-state index < -0.39 is 11.3 Å². The van der Waals surface area contributed by atoms with E-state index in [9.17, 15) is 13.6 Å². The van der Waals surface area contributed by atoms with Crippen molar-refractivity contribution in [1.29, 1.82) is 0 Å². The molecular formula is C22H27N3O4S. The van der Waals surface area contributed by atoms with E-state index in [0.29, 0.717) is 19.5 Å². The van der Waals surface area contributed by atoms with Gasteiger partial charge in [0.05, 0.1) is 0 Å². The van der Waals surface area contributed by atoms with Gasteiger partial charge in [-0.1, -0.05) is 43.2 Å². The highest BCUT2D eigenvalue weighted by atomic mass is 32.2. The van der Waals surface area contributed by atoms with Crippen molar-refractivity contribution in [3.63, 3.8) is 0 Å². The summed E-state index contributed by atoms with van der Waals surface area (Å²) in [6.07, 6.45) is 5.35. The number of nitrogens with zero attached hydrogens (tertiary/aromatic N) is 1. The summed E-state index contributed by atoms with van der Waals surface area (Å²) in [5, 5.41) is 9.62. The molecule has 1 atom stereocenters. The molecule has 1 heterocycles. The zero-order valence-corrected chi connectivity index (χ0v) is 17.5. The molecule has 1 unspecified atom stereocenters. The largest absolute Gasteiger partial charge is 0.361 e. The molecule has 0 fully saturated rings. The number of hydrogen-bond acceptors (Lipinski definition) is 3. The molecule has 0 aliphatic carbocycles. The highest BCUT2D eigenvalue weighted by molar-refractivity contribution is 7.76. The van der Waals surface area contributed by atoms with Gasteiger partial charge in [-0.05, 0) is 53.1 Å². The minimum atomic E-state index is -2.04. The van der Waals surface area contributed by atoms with Crippen molar-refractivity contribution in [3.8, 4) is 11.1 Å². The van der Waals surface area contributed by atoms with Crippen molar-refractivity contribution in [2.45, 2.75) is 38.6 Å². The van der Waals surface area contributed by atoms with E-state index in [-0.39, 0.29) is 12.3 Å². The molecular weight excluding hydrogens is 402 g/mol. The second kappa shape index (κ2) is 11.0. The van der Waals surface area contributed by atoms with Crippen molar-refractivity contribution in [1.82, 2.24) is 14.8 Å². The standard InChI is InChI=1S/C22H27N3O4S/c26-22(24-27)5-3-1-2-4-14-25(30(28)29)16-17-6-8-18(9-7-17)19-10-11-21-20(15-19)12-13-23-21/h6-13,15,23,27H,1-5,14,16H2,(H,24,26)(H,28,29). The summed E-state index contributed by atoms with van der Waals surface area (Å²) in [5.41, 5.74) is 5.93. The molecule has 1 amide bonds. The molecule has 0 bridgehead atoms. The molecule has 0 spiro atoms. The second-order valence-corrected chi connectivity index (χ2v) is 8.25. The number of aromatic amines is 1. The lowest BCUT2D eigenvalue weighted by atomic mass is 10.0. The third-order valence-electron chi connectivity index (χ3n) is 5.11. The Balaban J connectivity index is 1.51. The van der Waals surface area contributed by atoms with Crippen molar-refractivity contribution in [2.75, 3.05) is 6.54 Å².